The summed E-state index contributed by atoms with van der Waals surface area (Å²) in [5.74, 6) is -0.151. The van der Waals surface area contributed by atoms with Crippen molar-refractivity contribution in [1.82, 2.24) is 0 Å². The number of rotatable bonds is 4. The van der Waals surface area contributed by atoms with Crippen LogP contribution in [0.1, 0.15) is 72.3 Å². The van der Waals surface area contributed by atoms with Gasteiger partial charge in [0.1, 0.15) is 5.82 Å². The maximum Gasteiger partial charge on any atom is 0.123 e. The average molecular weight is 288 g/mol. The van der Waals surface area contributed by atoms with Gasteiger partial charge in [-0.2, -0.15) is 0 Å². The standard InChI is InChI=1S/C20H29F/c1-15-7-6-13-20(4,5)18(15)12-14-19(2,3)16-8-10-17(21)11-9-16/h8-11H,6-7,12-14H2,1-5H3. The Kier molecular flexibility index (Phi) is 4.60. The van der Waals surface area contributed by atoms with E-state index >= 15 is 0 Å². The lowest BCUT2D eigenvalue weighted by Crippen LogP contribution is -2.24. The SMILES string of the molecule is CC1=C(CCC(C)(C)c2ccc(F)cc2)C(C)(C)CCC1. The first kappa shape index (κ1) is 16.3. The van der Waals surface area contributed by atoms with Gasteiger partial charge in [-0.1, -0.05) is 51.0 Å². The van der Waals surface area contributed by atoms with Gasteiger partial charge in [-0.25, -0.2) is 4.39 Å². The molecule has 0 saturated heterocycles. The molecular weight excluding hydrogens is 259 g/mol. The first-order chi connectivity index (χ1) is 9.72. The van der Waals surface area contributed by atoms with Gasteiger partial charge in [0.15, 0.2) is 0 Å². The van der Waals surface area contributed by atoms with Crippen LogP contribution in [0.3, 0.4) is 0 Å². The second kappa shape index (κ2) is 5.94. The number of hydrogen-bond donors (Lipinski definition) is 0. The summed E-state index contributed by atoms with van der Waals surface area (Å²) in [7, 11) is 0. The molecule has 1 aliphatic rings. The molecule has 0 aromatic heterocycles. The molecule has 0 bridgehead atoms. The molecule has 0 atom stereocenters. The van der Waals surface area contributed by atoms with Crippen LogP contribution in [-0.4, -0.2) is 0 Å². The summed E-state index contributed by atoms with van der Waals surface area (Å²) in [6.45, 7) is 11.6. The van der Waals surface area contributed by atoms with Gasteiger partial charge in [-0.15, -0.1) is 0 Å². The van der Waals surface area contributed by atoms with Crippen LogP contribution in [0.25, 0.3) is 0 Å². The summed E-state index contributed by atoms with van der Waals surface area (Å²) in [5, 5.41) is 0. The van der Waals surface area contributed by atoms with Gasteiger partial charge in [-0.05, 0) is 67.6 Å². The van der Waals surface area contributed by atoms with E-state index in [1.165, 1.54) is 24.8 Å². The molecule has 0 amide bonds. The van der Waals surface area contributed by atoms with Crippen molar-refractivity contribution in [2.24, 2.45) is 5.41 Å². The van der Waals surface area contributed by atoms with E-state index in [9.17, 15) is 4.39 Å². The number of allylic oxidation sites excluding steroid dienone is 2. The third kappa shape index (κ3) is 3.75. The minimum atomic E-state index is -0.151. The zero-order valence-electron chi connectivity index (χ0n) is 14.2. The normalized spacial score (nSPS) is 19.0. The second-order valence-electron chi connectivity index (χ2n) is 7.89. The van der Waals surface area contributed by atoms with Crippen LogP contribution in [0.5, 0.6) is 0 Å². The molecule has 21 heavy (non-hydrogen) atoms. The van der Waals surface area contributed by atoms with Crippen LogP contribution in [0.15, 0.2) is 35.4 Å². The summed E-state index contributed by atoms with van der Waals surface area (Å²) in [6, 6.07) is 7.02. The summed E-state index contributed by atoms with van der Waals surface area (Å²) < 4.78 is 13.1. The van der Waals surface area contributed by atoms with Crippen molar-refractivity contribution < 1.29 is 4.39 Å². The van der Waals surface area contributed by atoms with E-state index in [1.807, 2.05) is 12.1 Å². The fraction of sp³-hybridized carbons (Fsp3) is 0.600. The Morgan fingerprint density at radius 2 is 1.76 bits per heavy atom. The highest BCUT2D eigenvalue weighted by molar-refractivity contribution is 5.27. The zero-order chi connectivity index (χ0) is 15.7. The third-order valence-corrected chi connectivity index (χ3v) is 5.31. The fourth-order valence-corrected chi connectivity index (χ4v) is 3.71. The maximum atomic E-state index is 13.1. The molecular formula is C20H29F. The molecule has 0 spiro atoms. The van der Waals surface area contributed by atoms with E-state index in [0.29, 0.717) is 5.41 Å². The molecule has 0 unspecified atom stereocenters. The Morgan fingerprint density at radius 1 is 1.14 bits per heavy atom. The summed E-state index contributed by atoms with van der Waals surface area (Å²) >= 11 is 0. The van der Waals surface area contributed by atoms with Crippen LogP contribution >= 0.6 is 0 Å². The number of halogens is 1. The quantitative estimate of drug-likeness (QED) is 0.561. The lowest BCUT2D eigenvalue weighted by molar-refractivity contribution is 0.339. The molecule has 1 aromatic rings. The minimum Gasteiger partial charge on any atom is -0.207 e. The summed E-state index contributed by atoms with van der Waals surface area (Å²) in [4.78, 5) is 0. The van der Waals surface area contributed by atoms with E-state index in [4.69, 9.17) is 0 Å². The van der Waals surface area contributed by atoms with Crippen LogP contribution in [0.2, 0.25) is 0 Å². The van der Waals surface area contributed by atoms with Crippen LogP contribution in [0.4, 0.5) is 4.39 Å². The highest BCUT2D eigenvalue weighted by Crippen LogP contribution is 2.44. The highest BCUT2D eigenvalue weighted by atomic mass is 19.1. The second-order valence-corrected chi connectivity index (χ2v) is 7.89. The average Bonchev–Trinajstić information content (AvgIpc) is 2.37. The van der Waals surface area contributed by atoms with Gasteiger partial charge >= 0.3 is 0 Å². The van der Waals surface area contributed by atoms with Gasteiger partial charge < -0.3 is 0 Å². The molecule has 0 heterocycles. The molecule has 1 heteroatoms. The van der Waals surface area contributed by atoms with Crippen molar-refractivity contribution in [2.45, 2.75) is 72.1 Å². The highest BCUT2D eigenvalue weighted by Gasteiger charge is 2.30. The molecule has 0 saturated carbocycles. The topological polar surface area (TPSA) is 0 Å². The molecule has 1 aliphatic carbocycles. The molecule has 0 aliphatic heterocycles. The Labute approximate surface area is 129 Å². The smallest absolute Gasteiger partial charge is 0.123 e. The van der Waals surface area contributed by atoms with Gasteiger partial charge in [0.2, 0.25) is 0 Å². The number of benzene rings is 1. The van der Waals surface area contributed by atoms with E-state index in [2.05, 4.69) is 34.6 Å². The Hall–Kier alpha value is -1.11. The van der Waals surface area contributed by atoms with Gasteiger partial charge in [-0.3, -0.25) is 0 Å². The Balaban J connectivity index is 2.12. The molecule has 0 N–H and O–H groups in total. The van der Waals surface area contributed by atoms with Crippen LogP contribution < -0.4 is 0 Å². The van der Waals surface area contributed by atoms with Crippen molar-refractivity contribution in [1.29, 1.82) is 0 Å². The van der Waals surface area contributed by atoms with Crippen LogP contribution in [0, 0.1) is 11.2 Å². The predicted molar refractivity (Wildman–Crippen MR) is 89.0 cm³/mol. The molecule has 0 radical (unpaired) electrons. The molecule has 2 rings (SSSR count). The molecule has 0 nitrogen and oxygen atoms in total. The molecule has 116 valence electrons. The van der Waals surface area contributed by atoms with Gasteiger partial charge in [0, 0.05) is 0 Å². The van der Waals surface area contributed by atoms with E-state index < -0.39 is 0 Å². The number of hydrogen-bond acceptors (Lipinski definition) is 0. The van der Waals surface area contributed by atoms with E-state index in [0.717, 1.165) is 12.8 Å². The molecule has 1 aromatic carbocycles. The van der Waals surface area contributed by atoms with Crippen molar-refractivity contribution in [3.8, 4) is 0 Å². The Bertz CT molecular complexity index is 517. The third-order valence-electron chi connectivity index (χ3n) is 5.31. The van der Waals surface area contributed by atoms with Crippen molar-refractivity contribution in [2.75, 3.05) is 0 Å². The largest absolute Gasteiger partial charge is 0.207 e. The zero-order valence-corrected chi connectivity index (χ0v) is 14.2. The van der Waals surface area contributed by atoms with Gasteiger partial charge in [0.05, 0.1) is 0 Å². The van der Waals surface area contributed by atoms with E-state index in [-0.39, 0.29) is 11.2 Å². The lowest BCUT2D eigenvalue weighted by Gasteiger charge is -2.36. The van der Waals surface area contributed by atoms with Gasteiger partial charge in [0.25, 0.3) is 0 Å². The predicted octanol–water partition coefficient (Wildman–Crippen LogP) is 6.41. The monoisotopic (exact) mass is 288 g/mol. The maximum absolute atomic E-state index is 13.1. The minimum absolute atomic E-state index is 0.0918. The van der Waals surface area contributed by atoms with Crippen molar-refractivity contribution in [3.05, 3.63) is 46.8 Å². The van der Waals surface area contributed by atoms with E-state index in [1.54, 1.807) is 23.3 Å². The summed E-state index contributed by atoms with van der Waals surface area (Å²) in [5.41, 5.74) is 4.93. The van der Waals surface area contributed by atoms with Crippen molar-refractivity contribution in [3.63, 3.8) is 0 Å². The van der Waals surface area contributed by atoms with Crippen LogP contribution in [-0.2, 0) is 5.41 Å². The first-order valence-electron chi connectivity index (χ1n) is 8.17. The Morgan fingerprint density at radius 3 is 2.33 bits per heavy atom. The van der Waals surface area contributed by atoms with Crippen molar-refractivity contribution >= 4 is 0 Å². The lowest BCUT2D eigenvalue weighted by atomic mass is 9.69. The first-order valence-corrected chi connectivity index (χ1v) is 8.17. The fourth-order valence-electron chi connectivity index (χ4n) is 3.71. The summed E-state index contributed by atoms with van der Waals surface area (Å²) in [6.07, 6.45) is 6.16. The molecule has 0 fully saturated rings.